The standard InChI is InChI=1S/C24H28N4O8SSe/c1-36-28(15-7-3-2-4-8-15)23(33)16-9-5-6-10-19(16)38-37-14-18(22(32)26-13-21(30)31)27-20(29)12-11-17(25)24(34)35/h2-10,17-18H,11-14,25H2,1H3,(H,26,32)(H,27,29)(H,30,31)(H,34,35)/t17-,18-/m1/s1. The van der Waals surface area contributed by atoms with Crippen LogP contribution < -0.4 is 25.9 Å². The van der Waals surface area contributed by atoms with Crippen LogP contribution in [0.4, 0.5) is 5.69 Å². The van der Waals surface area contributed by atoms with Gasteiger partial charge in [-0.2, -0.15) is 0 Å². The number of nitrogens with zero attached hydrogens (tertiary/aromatic N) is 1. The van der Waals surface area contributed by atoms with Crippen molar-refractivity contribution in [2.45, 2.75) is 24.9 Å². The van der Waals surface area contributed by atoms with E-state index in [1.165, 1.54) is 22.4 Å². The molecule has 0 saturated carbocycles. The van der Waals surface area contributed by atoms with Gasteiger partial charge in [0.15, 0.2) is 0 Å². The van der Waals surface area contributed by atoms with E-state index in [0.29, 0.717) is 11.3 Å². The van der Waals surface area contributed by atoms with Gasteiger partial charge >= 0.3 is 229 Å². The molecule has 0 bridgehead atoms. The summed E-state index contributed by atoms with van der Waals surface area (Å²) >= 11 is -0.385. The van der Waals surface area contributed by atoms with E-state index >= 15 is 0 Å². The van der Waals surface area contributed by atoms with Gasteiger partial charge in [0, 0.05) is 0 Å². The summed E-state index contributed by atoms with van der Waals surface area (Å²) in [6, 6.07) is 13.5. The first-order valence-corrected chi connectivity index (χ1v) is 15.1. The fourth-order valence-corrected chi connectivity index (χ4v) is 7.21. The molecule has 0 aliphatic carbocycles. The number of hydroxylamine groups is 1. The number of nitrogens with one attached hydrogen (secondary N) is 2. The number of hydrogen-bond donors (Lipinski definition) is 5. The van der Waals surface area contributed by atoms with Crippen LogP contribution in [0, 0.1) is 0 Å². The van der Waals surface area contributed by atoms with Crippen LogP contribution in [0.2, 0.25) is 0 Å². The molecule has 2 atom stereocenters. The van der Waals surface area contributed by atoms with Crippen molar-refractivity contribution in [2.75, 3.05) is 24.5 Å². The molecule has 0 aliphatic heterocycles. The van der Waals surface area contributed by atoms with Crippen molar-refractivity contribution in [3.63, 3.8) is 0 Å². The summed E-state index contributed by atoms with van der Waals surface area (Å²) in [5, 5.41) is 23.6. The molecule has 0 unspecified atom stereocenters. The Labute approximate surface area is 228 Å². The Hall–Kier alpha value is -3.42. The van der Waals surface area contributed by atoms with Gasteiger partial charge in [-0.15, -0.1) is 0 Å². The van der Waals surface area contributed by atoms with Crippen LogP contribution in [-0.4, -0.2) is 85.2 Å². The number of carboxylic acid groups (broad SMARTS) is 2. The predicted molar refractivity (Wildman–Crippen MR) is 142 cm³/mol. The second-order valence-electron chi connectivity index (χ2n) is 7.70. The molecule has 2 aromatic carbocycles. The topological polar surface area (TPSA) is 188 Å². The quantitative estimate of drug-likeness (QED) is 0.133. The zero-order valence-corrected chi connectivity index (χ0v) is 22.9. The van der Waals surface area contributed by atoms with E-state index in [9.17, 15) is 24.0 Å². The summed E-state index contributed by atoms with van der Waals surface area (Å²) < 4.78 is 0.719. The second kappa shape index (κ2) is 15.7. The molecule has 0 aromatic heterocycles. The minimum absolute atomic E-state index is 0.0807. The summed E-state index contributed by atoms with van der Waals surface area (Å²) in [6.07, 6.45) is -0.357. The Bertz CT molecular complexity index is 1140. The number of carbonyl (C=O) groups excluding carboxylic acids is 3. The molecule has 6 N–H and O–H groups in total. The number of anilines is 1. The molecule has 0 radical (unpaired) electrons. The SMILES string of the molecule is CON(C(=O)c1ccccc1[Se]SC[C@@H](NC(=O)CC[C@@H](N)C(=O)O)C(=O)NCC(=O)O)c1ccccc1. The van der Waals surface area contributed by atoms with Crippen molar-refractivity contribution in [2.24, 2.45) is 5.73 Å². The second-order valence-corrected chi connectivity index (χ2v) is 11.9. The molecule has 0 aliphatic rings. The fraction of sp³-hybridized carbons (Fsp3) is 0.292. The van der Waals surface area contributed by atoms with Crippen molar-refractivity contribution in [1.82, 2.24) is 10.6 Å². The van der Waals surface area contributed by atoms with Crippen molar-refractivity contribution in [1.29, 1.82) is 0 Å². The van der Waals surface area contributed by atoms with Crippen molar-refractivity contribution in [3.8, 4) is 0 Å². The van der Waals surface area contributed by atoms with Crippen molar-refractivity contribution < 1.29 is 39.0 Å². The van der Waals surface area contributed by atoms with Crippen LogP contribution in [0.25, 0.3) is 0 Å². The summed E-state index contributed by atoms with van der Waals surface area (Å²) in [6.45, 7) is -0.630. The Morgan fingerprint density at radius 1 is 1.05 bits per heavy atom. The predicted octanol–water partition coefficient (Wildman–Crippen LogP) is -0.250. The van der Waals surface area contributed by atoms with Gasteiger partial charge in [0.25, 0.3) is 0 Å². The molecule has 204 valence electrons. The Morgan fingerprint density at radius 3 is 2.34 bits per heavy atom. The van der Waals surface area contributed by atoms with Gasteiger partial charge in [-0.3, -0.25) is 0 Å². The average molecular weight is 612 g/mol. The molecule has 0 spiro atoms. The van der Waals surface area contributed by atoms with Gasteiger partial charge in [0.2, 0.25) is 0 Å². The van der Waals surface area contributed by atoms with E-state index in [1.807, 2.05) is 6.07 Å². The average Bonchev–Trinajstić information content (AvgIpc) is 2.90. The van der Waals surface area contributed by atoms with E-state index in [1.54, 1.807) is 48.5 Å². The number of nitrogens with two attached hydrogens (primary N) is 1. The number of carboxylic acids is 2. The fourth-order valence-electron chi connectivity index (χ4n) is 3.01. The van der Waals surface area contributed by atoms with Gasteiger partial charge in [0.05, 0.1) is 0 Å². The molecular weight excluding hydrogens is 583 g/mol. The number of amides is 3. The molecule has 12 nitrogen and oxygen atoms in total. The minimum atomic E-state index is -1.25. The molecule has 38 heavy (non-hydrogen) atoms. The summed E-state index contributed by atoms with van der Waals surface area (Å²) in [4.78, 5) is 65.1. The number of para-hydroxylation sites is 1. The third kappa shape index (κ3) is 9.80. The maximum atomic E-state index is 13.2. The molecule has 0 heterocycles. The number of rotatable bonds is 15. The van der Waals surface area contributed by atoms with E-state index in [4.69, 9.17) is 20.8 Å². The zero-order chi connectivity index (χ0) is 28.1. The van der Waals surface area contributed by atoms with Crippen LogP contribution in [0.15, 0.2) is 54.6 Å². The van der Waals surface area contributed by atoms with Gasteiger partial charge in [-0.05, 0) is 0 Å². The maximum absolute atomic E-state index is 13.2. The molecule has 0 saturated heterocycles. The molecule has 0 fully saturated rings. The first-order valence-electron chi connectivity index (χ1n) is 11.2. The van der Waals surface area contributed by atoms with Crippen LogP contribution >= 0.6 is 10.2 Å². The Balaban J connectivity index is 2.09. The first kappa shape index (κ1) is 30.8. The van der Waals surface area contributed by atoms with Crippen LogP contribution in [0.1, 0.15) is 23.2 Å². The summed E-state index contributed by atoms with van der Waals surface area (Å²) in [5.41, 5.74) is 6.38. The van der Waals surface area contributed by atoms with Crippen molar-refractivity contribution >= 4 is 63.8 Å². The number of carbonyl (C=O) groups is 5. The summed E-state index contributed by atoms with van der Waals surface area (Å²) in [7, 11) is 2.69. The van der Waals surface area contributed by atoms with Gasteiger partial charge in [-0.1, -0.05) is 0 Å². The third-order valence-corrected chi connectivity index (χ3v) is 9.17. The molecule has 2 rings (SSSR count). The molecule has 14 heteroatoms. The van der Waals surface area contributed by atoms with E-state index in [2.05, 4.69) is 10.6 Å². The first-order chi connectivity index (χ1) is 18.1. The summed E-state index contributed by atoms with van der Waals surface area (Å²) in [5.74, 6) is -4.10. The van der Waals surface area contributed by atoms with E-state index in [0.717, 1.165) is 4.46 Å². The molecular formula is C24H28N4O8SSe. The Kier molecular flexibility index (Phi) is 12.8. The van der Waals surface area contributed by atoms with Gasteiger partial charge in [0.1, 0.15) is 0 Å². The van der Waals surface area contributed by atoms with Crippen LogP contribution in [-0.2, 0) is 24.0 Å². The Morgan fingerprint density at radius 2 is 1.71 bits per heavy atom. The molecule has 2 aromatic rings. The van der Waals surface area contributed by atoms with E-state index < -0.39 is 42.4 Å². The monoisotopic (exact) mass is 612 g/mol. The number of aliphatic carboxylic acids is 2. The van der Waals surface area contributed by atoms with Crippen LogP contribution in [0.5, 0.6) is 0 Å². The zero-order valence-electron chi connectivity index (χ0n) is 20.4. The normalized spacial score (nSPS) is 12.2. The third-order valence-electron chi connectivity index (χ3n) is 4.92. The number of benzene rings is 2. The van der Waals surface area contributed by atoms with Crippen molar-refractivity contribution in [3.05, 3.63) is 60.2 Å². The van der Waals surface area contributed by atoms with Gasteiger partial charge in [-0.25, -0.2) is 0 Å². The van der Waals surface area contributed by atoms with Gasteiger partial charge < -0.3 is 0 Å². The van der Waals surface area contributed by atoms with Crippen LogP contribution in [0.3, 0.4) is 0 Å². The van der Waals surface area contributed by atoms with E-state index in [-0.39, 0.29) is 38.3 Å². The number of hydrogen-bond acceptors (Lipinski definition) is 8. The molecule has 3 amide bonds.